The highest BCUT2D eigenvalue weighted by molar-refractivity contribution is 5.95. The third-order valence-corrected chi connectivity index (χ3v) is 5.91. The first-order valence-electron chi connectivity index (χ1n) is 12.9. The number of hydrogen-bond donors (Lipinski definition) is 9. The zero-order chi connectivity index (χ0) is 30.4. The molecule has 0 radical (unpaired) electrons. The monoisotopic (exact) mass is 568 g/mol. The van der Waals surface area contributed by atoms with E-state index in [0.717, 1.165) is 0 Å². The number of carboxylic acids is 2. The minimum Gasteiger partial charge on any atom is -0.481 e. The lowest BCUT2D eigenvalue weighted by Gasteiger charge is -2.26. The summed E-state index contributed by atoms with van der Waals surface area (Å²) in [6, 6.07) is -6.08. The van der Waals surface area contributed by atoms with Gasteiger partial charge in [0, 0.05) is 18.3 Å². The molecule has 0 aliphatic rings. The van der Waals surface area contributed by atoms with Gasteiger partial charge >= 0.3 is 11.9 Å². The summed E-state index contributed by atoms with van der Waals surface area (Å²) < 4.78 is 0. The maximum absolute atomic E-state index is 13.1. The van der Waals surface area contributed by atoms with Crippen molar-refractivity contribution in [1.82, 2.24) is 31.2 Å². The number of nitrogens with one attached hydrogen (secondary N) is 5. The van der Waals surface area contributed by atoms with Crippen LogP contribution in [0, 0.1) is 5.92 Å². The molecule has 0 saturated heterocycles. The molecule has 1 aromatic heterocycles. The van der Waals surface area contributed by atoms with Gasteiger partial charge in [0.1, 0.15) is 24.2 Å². The third kappa shape index (κ3) is 11.8. The van der Waals surface area contributed by atoms with Crippen LogP contribution >= 0.6 is 0 Å². The summed E-state index contributed by atoms with van der Waals surface area (Å²) in [5, 5.41) is 27.7. The first-order valence-corrected chi connectivity index (χ1v) is 12.9. The first-order chi connectivity index (χ1) is 18.8. The van der Waals surface area contributed by atoms with Crippen LogP contribution in [0.4, 0.5) is 0 Å². The van der Waals surface area contributed by atoms with Crippen molar-refractivity contribution >= 4 is 35.6 Å². The minimum atomic E-state index is -1.70. The fourth-order valence-electron chi connectivity index (χ4n) is 3.57. The molecule has 1 rings (SSSR count). The molecule has 0 aliphatic carbocycles. The van der Waals surface area contributed by atoms with Crippen LogP contribution in [0.15, 0.2) is 12.5 Å². The van der Waals surface area contributed by atoms with Crippen LogP contribution in [0.2, 0.25) is 0 Å². The second-order valence-corrected chi connectivity index (χ2v) is 9.69. The molecular weight excluding hydrogens is 528 g/mol. The van der Waals surface area contributed by atoms with Crippen LogP contribution in [-0.2, 0) is 35.2 Å². The van der Waals surface area contributed by atoms with Crippen LogP contribution in [0.5, 0.6) is 0 Å². The standard InChI is InChI=1S/C24H40N8O8/c1-12(2)19(23(38)31-17(24(39)40)9-18(33)34)32-20(35)13(3)29-22(37)16(8-14-10-27-11-28-14)30-21(36)15(26)6-4-5-7-25/h10-13,15-17,19H,4-9,25-26H2,1-3H3,(H,27,28)(H,29,37)(H,30,36)(H,31,38)(H,32,35)(H,33,34)(H,39,40). The number of imidazole rings is 1. The van der Waals surface area contributed by atoms with Crippen molar-refractivity contribution in [3.63, 3.8) is 0 Å². The summed E-state index contributed by atoms with van der Waals surface area (Å²) in [4.78, 5) is 80.2. The van der Waals surface area contributed by atoms with Crippen LogP contribution < -0.4 is 32.7 Å². The molecule has 11 N–H and O–H groups in total. The Bertz CT molecular complexity index is 1020. The van der Waals surface area contributed by atoms with Crippen molar-refractivity contribution in [2.24, 2.45) is 17.4 Å². The van der Waals surface area contributed by atoms with Crippen molar-refractivity contribution in [2.75, 3.05) is 6.54 Å². The molecule has 224 valence electrons. The van der Waals surface area contributed by atoms with Crippen molar-refractivity contribution in [3.05, 3.63) is 18.2 Å². The fraction of sp³-hybridized carbons (Fsp3) is 0.625. The predicted molar refractivity (Wildman–Crippen MR) is 141 cm³/mol. The number of unbranched alkanes of at least 4 members (excludes halogenated alkanes) is 1. The molecular formula is C24H40N8O8. The maximum Gasteiger partial charge on any atom is 0.326 e. The van der Waals surface area contributed by atoms with Gasteiger partial charge in [-0.05, 0) is 32.2 Å². The van der Waals surface area contributed by atoms with Gasteiger partial charge in [-0.2, -0.15) is 0 Å². The van der Waals surface area contributed by atoms with Gasteiger partial charge in [-0.25, -0.2) is 9.78 Å². The van der Waals surface area contributed by atoms with Gasteiger partial charge < -0.3 is 47.9 Å². The van der Waals surface area contributed by atoms with E-state index in [2.05, 4.69) is 31.2 Å². The Morgan fingerprint density at radius 2 is 1.55 bits per heavy atom. The summed E-state index contributed by atoms with van der Waals surface area (Å²) in [6.07, 6.45) is 3.75. The SMILES string of the molecule is CC(NC(=O)C(Cc1cnc[nH]1)NC(=O)C(N)CCCCN)C(=O)NC(C(=O)NC(CC(=O)O)C(=O)O)C(C)C. The molecule has 5 unspecified atom stereocenters. The van der Waals surface area contributed by atoms with Crippen molar-refractivity contribution < 1.29 is 39.0 Å². The molecule has 1 heterocycles. The van der Waals surface area contributed by atoms with E-state index in [9.17, 15) is 33.9 Å². The lowest BCUT2D eigenvalue weighted by molar-refractivity contribution is -0.147. The number of carbonyl (C=O) groups excluding carboxylic acids is 4. The molecule has 0 saturated carbocycles. The Labute approximate surface area is 231 Å². The molecule has 0 bridgehead atoms. The highest BCUT2D eigenvalue weighted by Gasteiger charge is 2.32. The molecule has 0 aliphatic heterocycles. The second kappa shape index (κ2) is 16.8. The summed E-state index contributed by atoms with van der Waals surface area (Å²) in [5.41, 5.74) is 12.0. The van der Waals surface area contributed by atoms with E-state index in [4.69, 9.17) is 16.6 Å². The summed E-state index contributed by atoms with van der Waals surface area (Å²) in [6.45, 7) is 5.00. The number of rotatable bonds is 18. The molecule has 16 heteroatoms. The van der Waals surface area contributed by atoms with Gasteiger partial charge in [-0.1, -0.05) is 20.3 Å². The van der Waals surface area contributed by atoms with Gasteiger partial charge in [0.25, 0.3) is 0 Å². The fourth-order valence-corrected chi connectivity index (χ4v) is 3.57. The van der Waals surface area contributed by atoms with Crippen LogP contribution in [0.25, 0.3) is 0 Å². The van der Waals surface area contributed by atoms with E-state index in [0.29, 0.717) is 31.5 Å². The maximum atomic E-state index is 13.1. The molecule has 1 aromatic rings. The highest BCUT2D eigenvalue weighted by Crippen LogP contribution is 2.06. The molecule has 16 nitrogen and oxygen atoms in total. The lowest BCUT2D eigenvalue weighted by atomic mass is 10.0. The van der Waals surface area contributed by atoms with Gasteiger partial charge in [0.15, 0.2) is 0 Å². The van der Waals surface area contributed by atoms with Crippen LogP contribution in [0.3, 0.4) is 0 Å². The smallest absolute Gasteiger partial charge is 0.326 e. The average molecular weight is 569 g/mol. The van der Waals surface area contributed by atoms with Gasteiger partial charge in [0.05, 0.1) is 18.8 Å². The highest BCUT2D eigenvalue weighted by atomic mass is 16.4. The Morgan fingerprint density at radius 3 is 2.08 bits per heavy atom. The summed E-state index contributed by atoms with van der Waals surface area (Å²) in [7, 11) is 0. The van der Waals surface area contributed by atoms with E-state index < -0.39 is 78.1 Å². The Kier molecular flexibility index (Phi) is 14.3. The number of carbonyl (C=O) groups is 6. The van der Waals surface area contributed by atoms with Crippen molar-refractivity contribution in [1.29, 1.82) is 0 Å². The van der Waals surface area contributed by atoms with Crippen molar-refractivity contribution in [3.8, 4) is 0 Å². The third-order valence-electron chi connectivity index (χ3n) is 5.91. The van der Waals surface area contributed by atoms with Gasteiger partial charge in [-0.15, -0.1) is 0 Å². The van der Waals surface area contributed by atoms with E-state index >= 15 is 0 Å². The second-order valence-electron chi connectivity index (χ2n) is 9.69. The molecule has 4 amide bonds. The number of amides is 4. The molecule has 0 fully saturated rings. The first kappa shape index (κ1) is 34.0. The minimum absolute atomic E-state index is 0.0264. The number of H-pyrrole nitrogens is 1. The lowest BCUT2D eigenvalue weighted by Crippen LogP contribution is -2.59. The zero-order valence-electron chi connectivity index (χ0n) is 22.8. The number of aliphatic carboxylic acids is 2. The number of aromatic nitrogens is 2. The predicted octanol–water partition coefficient (Wildman–Crippen LogP) is -2.42. The van der Waals surface area contributed by atoms with Crippen molar-refractivity contribution in [2.45, 2.75) is 83.1 Å². The van der Waals surface area contributed by atoms with Crippen LogP contribution in [0.1, 0.15) is 52.1 Å². The normalized spacial score (nSPS) is 14.8. The zero-order valence-corrected chi connectivity index (χ0v) is 22.8. The quantitative estimate of drug-likeness (QED) is 0.0841. The Morgan fingerprint density at radius 1 is 0.900 bits per heavy atom. The number of hydrogen-bond acceptors (Lipinski definition) is 9. The van der Waals surface area contributed by atoms with E-state index in [1.807, 2.05) is 0 Å². The molecule has 40 heavy (non-hydrogen) atoms. The number of nitrogens with two attached hydrogens (primary N) is 2. The van der Waals surface area contributed by atoms with E-state index in [1.54, 1.807) is 13.8 Å². The average Bonchev–Trinajstić information content (AvgIpc) is 3.38. The summed E-state index contributed by atoms with van der Waals surface area (Å²) in [5.74, 6) is -6.41. The molecule has 0 spiro atoms. The van der Waals surface area contributed by atoms with Gasteiger partial charge in [-0.3, -0.25) is 24.0 Å². The van der Waals surface area contributed by atoms with Crippen LogP contribution in [-0.4, -0.2) is 92.5 Å². The Balaban J connectivity index is 2.90. The Hall–Kier alpha value is -4.05. The number of aromatic amines is 1. The molecule has 5 atom stereocenters. The number of nitrogens with zero attached hydrogens (tertiary/aromatic N) is 1. The number of carboxylic acid groups (broad SMARTS) is 2. The van der Waals surface area contributed by atoms with Gasteiger partial charge in [0.2, 0.25) is 23.6 Å². The largest absolute Gasteiger partial charge is 0.481 e. The summed E-state index contributed by atoms with van der Waals surface area (Å²) >= 11 is 0. The topological polar surface area (TPSA) is 272 Å². The molecule has 0 aromatic carbocycles. The van der Waals surface area contributed by atoms with E-state index in [1.165, 1.54) is 19.4 Å². The van der Waals surface area contributed by atoms with E-state index in [-0.39, 0.29) is 6.42 Å².